The van der Waals surface area contributed by atoms with Gasteiger partial charge in [0.25, 0.3) is 0 Å². The van der Waals surface area contributed by atoms with Crippen molar-refractivity contribution in [1.82, 2.24) is 9.55 Å². The van der Waals surface area contributed by atoms with Gasteiger partial charge in [0.2, 0.25) is 0 Å². The van der Waals surface area contributed by atoms with Crippen LogP contribution in [0.25, 0.3) is 10.9 Å². The molecule has 5 rings (SSSR count). The molecule has 0 atom stereocenters. The van der Waals surface area contributed by atoms with E-state index < -0.39 is 0 Å². The van der Waals surface area contributed by atoms with E-state index in [-0.39, 0.29) is 5.97 Å². The molecular weight excluding hydrogens is 384 g/mol. The highest BCUT2D eigenvalue weighted by Crippen LogP contribution is 2.40. The highest BCUT2D eigenvalue weighted by molar-refractivity contribution is 5.91. The molecule has 0 bridgehead atoms. The summed E-state index contributed by atoms with van der Waals surface area (Å²) in [5.74, 6) is 0.241. The molecule has 156 valence electrons. The standard InChI is InChI=1S/C27H26N2O2/c1-18-12-20(13-22-10-11-29(26(18)22)17-19-6-4-3-5-7-19)14-25-24(27(30)31-2)15-23(16-28-25)21-8-9-21/h3-7,10-13,15-16,21H,8-9,14,17H2,1-2H3. The fourth-order valence-electron chi connectivity index (χ4n) is 4.43. The number of ether oxygens (including phenoxy) is 1. The van der Waals surface area contributed by atoms with Crippen molar-refractivity contribution < 1.29 is 9.53 Å². The Kier molecular flexibility index (Phi) is 5.06. The number of carbonyl (C=O) groups excluding carboxylic acids is 1. The molecule has 2 aromatic heterocycles. The second kappa shape index (κ2) is 8.03. The fraction of sp³-hybridized carbons (Fsp3) is 0.259. The summed E-state index contributed by atoms with van der Waals surface area (Å²) in [6.45, 7) is 3.00. The third-order valence-corrected chi connectivity index (χ3v) is 6.12. The lowest BCUT2D eigenvalue weighted by molar-refractivity contribution is 0.0599. The predicted octanol–water partition coefficient (Wildman–Crippen LogP) is 5.65. The van der Waals surface area contributed by atoms with Gasteiger partial charge in [0.1, 0.15) is 0 Å². The van der Waals surface area contributed by atoms with Crippen molar-refractivity contribution in [2.45, 2.75) is 38.6 Å². The van der Waals surface area contributed by atoms with Gasteiger partial charge in [0, 0.05) is 30.7 Å². The van der Waals surface area contributed by atoms with E-state index in [2.05, 4.69) is 65.1 Å². The summed E-state index contributed by atoms with van der Waals surface area (Å²) in [6.07, 6.45) is 7.04. The first-order valence-corrected chi connectivity index (χ1v) is 10.8. The number of methoxy groups -OCH3 is 1. The maximum atomic E-state index is 12.4. The molecule has 4 aromatic rings. The van der Waals surface area contributed by atoms with Crippen LogP contribution in [0.1, 0.15) is 57.1 Å². The van der Waals surface area contributed by atoms with Gasteiger partial charge < -0.3 is 9.30 Å². The summed E-state index contributed by atoms with van der Waals surface area (Å²) in [5, 5.41) is 1.21. The molecule has 1 aliphatic carbocycles. The Bertz CT molecular complexity index is 1250. The second-order valence-electron chi connectivity index (χ2n) is 8.49. The van der Waals surface area contributed by atoms with Crippen molar-refractivity contribution in [3.8, 4) is 0 Å². The zero-order chi connectivity index (χ0) is 21.4. The Balaban J connectivity index is 1.47. The average Bonchev–Trinajstić information content (AvgIpc) is 3.56. The van der Waals surface area contributed by atoms with Gasteiger partial charge >= 0.3 is 5.97 Å². The summed E-state index contributed by atoms with van der Waals surface area (Å²) in [5.41, 5.74) is 7.42. The first kappa shape index (κ1) is 19.6. The van der Waals surface area contributed by atoms with Crippen LogP contribution in [0.15, 0.2) is 67.0 Å². The summed E-state index contributed by atoms with van der Waals surface area (Å²) in [4.78, 5) is 17.1. The Labute approximate surface area is 182 Å². The molecule has 4 heteroatoms. The first-order valence-electron chi connectivity index (χ1n) is 10.8. The number of aromatic nitrogens is 2. The number of carbonyl (C=O) groups is 1. The molecule has 31 heavy (non-hydrogen) atoms. The monoisotopic (exact) mass is 410 g/mol. The Morgan fingerprint density at radius 2 is 1.90 bits per heavy atom. The zero-order valence-electron chi connectivity index (χ0n) is 18.0. The van der Waals surface area contributed by atoms with Crippen LogP contribution in [-0.4, -0.2) is 22.6 Å². The van der Waals surface area contributed by atoms with Crippen LogP contribution in [0.3, 0.4) is 0 Å². The van der Waals surface area contributed by atoms with Gasteiger partial charge in [-0.3, -0.25) is 4.98 Å². The lowest BCUT2D eigenvalue weighted by Crippen LogP contribution is -2.09. The molecule has 2 heterocycles. The highest BCUT2D eigenvalue weighted by Gasteiger charge is 2.26. The van der Waals surface area contributed by atoms with Crippen LogP contribution < -0.4 is 0 Å². The molecular formula is C27H26N2O2. The smallest absolute Gasteiger partial charge is 0.339 e. The number of aryl methyl sites for hydroxylation is 1. The number of pyridine rings is 1. The quantitative estimate of drug-likeness (QED) is 0.386. The third kappa shape index (κ3) is 3.98. The molecule has 0 N–H and O–H groups in total. The van der Waals surface area contributed by atoms with Gasteiger partial charge in [-0.1, -0.05) is 36.4 Å². The van der Waals surface area contributed by atoms with Crippen molar-refractivity contribution >= 4 is 16.9 Å². The number of benzene rings is 2. The Morgan fingerprint density at radius 3 is 2.65 bits per heavy atom. The largest absolute Gasteiger partial charge is 0.465 e. The average molecular weight is 411 g/mol. The van der Waals surface area contributed by atoms with Crippen LogP contribution in [-0.2, 0) is 17.7 Å². The highest BCUT2D eigenvalue weighted by atomic mass is 16.5. The molecule has 0 spiro atoms. The van der Waals surface area contributed by atoms with E-state index in [1.54, 1.807) is 0 Å². The SMILES string of the molecule is COC(=O)c1cc(C2CC2)cnc1Cc1cc(C)c2c(ccn2Cc2ccccc2)c1. The zero-order valence-corrected chi connectivity index (χ0v) is 18.0. The minimum Gasteiger partial charge on any atom is -0.465 e. The molecule has 0 saturated heterocycles. The van der Waals surface area contributed by atoms with Crippen molar-refractivity contribution in [1.29, 1.82) is 0 Å². The van der Waals surface area contributed by atoms with Gasteiger partial charge in [-0.25, -0.2) is 4.79 Å². The van der Waals surface area contributed by atoms with Crippen LogP contribution in [0.5, 0.6) is 0 Å². The number of rotatable bonds is 6. The predicted molar refractivity (Wildman–Crippen MR) is 123 cm³/mol. The topological polar surface area (TPSA) is 44.1 Å². The summed E-state index contributed by atoms with van der Waals surface area (Å²) in [6, 6.07) is 19.1. The van der Waals surface area contributed by atoms with E-state index >= 15 is 0 Å². The van der Waals surface area contributed by atoms with Gasteiger partial charge in [-0.15, -0.1) is 0 Å². The number of hydrogen-bond acceptors (Lipinski definition) is 3. The number of nitrogens with zero attached hydrogens (tertiary/aromatic N) is 2. The summed E-state index contributed by atoms with van der Waals surface area (Å²) in [7, 11) is 1.43. The fourth-order valence-corrected chi connectivity index (χ4v) is 4.43. The number of hydrogen-bond donors (Lipinski definition) is 0. The van der Waals surface area contributed by atoms with Gasteiger partial charge in [0.15, 0.2) is 0 Å². The molecule has 1 fully saturated rings. The van der Waals surface area contributed by atoms with Crippen molar-refractivity contribution in [3.05, 3.63) is 101 Å². The molecule has 2 aromatic carbocycles. The van der Waals surface area contributed by atoms with Crippen LogP contribution >= 0.6 is 0 Å². The minimum absolute atomic E-state index is 0.309. The Hall–Kier alpha value is -3.40. The summed E-state index contributed by atoms with van der Waals surface area (Å²) < 4.78 is 7.34. The maximum Gasteiger partial charge on any atom is 0.339 e. The van der Waals surface area contributed by atoms with Gasteiger partial charge in [-0.05, 0) is 66.1 Å². The molecule has 1 aliphatic rings. The molecule has 1 saturated carbocycles. The van der Waals surface area contributed by atoms with Crippen molar-refractivity contribution in [3.63, 3.8) is 0 Å². The molecule has 0 amide bonds. The lowest BCUT2D eigenvalue weighted by Gasteiger charge is -2.12. The second-order valence-corrected chi connectivity index (χ2v) is 8.49. The summed E-state index contributed by atoms with van der Waals surface area (Å²) >= 11 is 0. The van der Waals surface area contributed by atoms with Crippen LogP contribution in [0.2, 0.25) is 0 Å². The van der Waals surface area contributed by atoms with E-state index in [1.165, 1.54) is 42.0 Å². The normalized spacial score (nSPS) is 13.5. The first-order chi connectivity index (χ1) is 15.1. The lowest BCUT2D eigenvalue weighted by atomic mass is 9.99. The van der Waals surface area contributed by atoms with Gasteiger partial charge in [0.05, 0.1) is 23.9 Å². The molecule has 0 aliphatic heterocycles. The van der Waals surface area contributed by atoms with Crippen molar-refractivity contribution in [2.24, 2.45) is 0 Å². The van der Waals surface area contributed by atoms with Gasteiger partial charge in [-0.2, -0.15) is 0 Å². The van der Waals surface area contributed by atoms with E-state index in [0.717, 1.165) is 23.4 Å². The third-order valence-electron chi connectivity index (χ3n) is 6.12. The van der Waals surface area contributed by atoms with Crippen LogP contribution in [0.4, 0.5) is 0 Å². The van der Waals surface area contributed by atoms with Crippen LogP contribution in [0, 0.1) is 6.92 Å². The minimum atomic E-state index is -0.309. The molecule has 4 nitrogen and oxygen atoms in total. The van der Waals surface area contributed by atoms with Crippen molar-refractivity contribution in [2.75, 3.05) is 7.11 Å². The number of esters is 1. The van der Waals surface area contributed by atoms with E-state index in [9.17, 15) is 4.79 Å². The van der Waals surface area contributed by atoms with E-state index in [1.807, 2.05) is 18.3 Å². The molecule has 0 radical (unpaired) electrons. The van der Waals surface area contributed by atoms with E-state index in [4.69, 9.17) is 4.74 Å². The maximum absolute atomic E-state index is 12.4. The molecule has 0 unspecified atom stereocenters. The number of fused-ring (bicyclic) bond motifs is 1. The Morgan fingerprint density at radius 1 is 1.10 bits per heavy atom. The van der Waals surface area contributed by atoms with E-state index in [0.29, 0.717) is 17.9 Å².